The van der Waals surface area contributed by atoms with Gasteiger partial charge in [0.05, 0.1) is 6.54 Å². The van der Waals surface area contributed by atoms with Gasteiger partial charge in [0.2, 0.25) is 0 Å². The molecule has 1 aliphatic heterocycles. The Morgan fingerprint density at radius 1 is 1.38 bits per heavy atom. The standard InChI is InChI=1S/C9H8BrF2N/c10-7-1-2-8-6(3-7)4-9(11,12)5-13-8/h1-3,13H,4-5H2. The molecule has 1 aliphatic rings. The van der Waals surface area contributed by atoms with E-state index in [-0.39, 0.29) is 13.0 Å². The minimum Gasteiger partial charge on any atom is -0.379 e. The lowest BCUT2D eigenvalue weighted by atomic mass is 10.0. The Balaban J connectivity index is 2.38. The van der Waals surface area contributed by atoms with Crippen LogP contribution in [0.3, 0.4) is 0 Å². The number of alkyl halides is 2. The van der Waals surface area contributed by atoms with E-state index in [9.17, 15) is 8.78 Å². The Kier molecular flexibility index (Phi) is 2.02. The molecular weight excluding hydrogens is 240 g/mol. The molecule has 0 aliphatic carbocycles. The van der Waals surface area contributed by atoms with Crippen molar-refractivity contribution in [3.63, 3.8) is 0 Å². The van der Waals surface area contributed by atoms with Crippen molar-refractivity contribution in [1.82, 2.24) is 0 Å². The highest BCUT2D eigenvalue weighted by Gasteiger charge is 2.33. The Bertz CT molecular complexity index is 338. The third kappa shape index (κ3) is 1.82. The molecule has 0 aromatic heterocycles. The Labute approximate surface area is 83.3 Å². The van der Waals surface area contributed by atoms with Crippen molar-refractivity contribution in [2.45, 2.75) is 12.3 Å². The summed E-state index contributed by atoms with van der Waals surface area (Å²) in [5.74, 6) is -2.62. The predicted molar refractivity (Wildman–Crippen MR) is 51.3 cm³/mol. The molecule has 1 aromatic carbocycles. The van der Waals surface area contributed by atoms with E-state index in [1.807, 2.05) is 12.1 Å². The Morgan fingerprint density at radius 2 is 2.15 bits per heavy atom. The highest BCUT2D eigenvalue weighted by Crippen LogP contribution is 2.32. The van der Waals surface area contributed by atoms with Crippen LogP contribution in [-0.4, -0.2) is 12.5 Å². The topological polar surface area (TPSA) is 12.0 Å². The van der Waals surface area contributed by atoms with Crippen molar-refractivity contribution < 1.29 is 8.78 Å². The fraction of sp³-hybridized carbons (Fsp3) is 0.333. The lowest BCUT2D eigenvalue weighted by Crippen LogP contribution is -2.34. The van der Waals surface area contributed by atoms with Gasteiger partial charge >= 0.3 is 0 Å². The average Bonchev–Trinajstić information content (AvgIpc) is 2.01. The van der Waals surface area contributed by atoms with Crippen molar-refractivity contribution in [2.75, 3.05) is 11.9 Å². The molecule has 0 saturated heterocycles. The lowest BCUT2D eigenvalue weighted by molar-refractivity contribution is 0.0129. The van der Waals surface area contributed by atoms with E-state index in [2.05, 4.69) is 21.2 Å². The van der Waals surface area contributed by atoms with Crippen LogP contribution in [-0.2, 0) is 6.42 Å². The molecule has 0 saturated carbocycles. The molecule has 0 amide bonds. The highest BCUT2D eigenvalue weighted by molar-refractivity contribution is 9.10. The molecule has 0 fully saturated rings. The predicted octanol–water partition coefficient (Wildman–Crippen LogP) is 3.05. The van der Waals surface area contributed by atoms with E-state index < -0.39 is 5.92 Å². The third-order valence-electron chi connectivity index (χ3n) is 2.05. The molecule has 70 valence electrons. The molecule has 0 spiro atoms. The van der Waals surface area contributed by atoms with Gasteiger partial charge in [0.25, 0.3) is 5.92 Å². The maximum absolute atomic E-state index is 12.9. The van der Waals surface area contributed by atoms with Gasteiger partial charge in [-0.2, -0.15) is 0 Å². The monoisotopic (exact) mass is 247 g/mol. The van der Waals surface area contributed by atoms with Crippen LogP contribution in [0, 0.1) is 0 Å². The third-order valence-corrected chi connectivity index (χ3v) is 2.55. The van der Waals surface area contributed by atoms with E-state index in [1.54, 1.807) is 6.07 Å². The van der Waals surface area contributed by atoms with Gasteiger partial charge in [-0.15, -0.1) is 0 Å². The number of halogens is 3. The quantitative estimate of drug-likeness (QED) is 0.744. The smallest absolute Gasteiger partial charge is 0.269 e. The lowest BCUT2D eigenvalue weighted by Gasteiger charge is -2.25. The first-order chi connectivity index (χ1) is 6.07. The Morgan fingerprint density at radius 3 is 2.92 bits per heavy atom. The minimum atomic E-state index is -2.62. The summed E-state index contributed by atoms with van der Waals surface area (Å²) in [6, 6.07) is 5.39. The first-order valence-electron chi connectivity index (χ1n) is 3.97. The summed E-state index contributed by atoms with van der Waals surface area (Å²) in [6.45, 7) is -0.262. The van der Waals surface area contributed by atoms with Crippen molar-refractivity contribution >= 4 is 21.6 Å². The number of anilines is 1. The molecule has 1 nitrogen and oxygen atoms in total. The number of nitrogens with one attached hydrogen (secondary N) is 1. The normalized spacial score (nSPS) is 19.0. The largest absolute Gasteiger partial charge is 0.379 e. The zero-order valence-corrected chi connectivity index (χ0v) is 8.37. The number of hydrogen-bond donors (Lipinski definition) is 1. The second kappa shape index (κ2) is 2.94. The molecular formula is C9H8BrF2N. The minimum absolute atomic E-state index is 0.172. The maximum Gasteiger partial charge on any atom is 0.269 e. The second-order valence-electron chi connectivity index (χ2n) is 3.19. The fourth-order valence-electron chi connectivity index (χ4n) is 1.45. The van der Waals surface area contributed by atoms with Crippen molar-refractivity contribution in [3.8, 4) is 0 Å². The van der Waals surface area contributed by atoms with Gasteiger partial charge in [-0.25, -0.2) is 8.78 Å². The molecule has 0 bridgehead atoms. The van der Waals surface area contributed by atoms with Gasteiger partial charge < -0.3 is 5.32 Å². The van der Waals surface area contributed by atoms with Gasteiger partial charge in [-0.1, -0.05) is 15.9 Å². The first-order valence-corrected chi connectivity index (χ1v) is 4.76. The molecule has 1 heterocycles. The summed E-state index contributed by atoms with van der Waals surface area (Å²) in [5, 5.41) is 2.71. The van der Waals surface area contributed by atoms with Gasteiger partial charge in [0.15, 0.2) is 0 Å². The van der Waals surface area contributed by atoms with Gasteiger partial charge in [0.1, 0.15) is 0 Å². The van der Waals surface area contributed by atoms with Gasteiger partial charge in [-0.05, 0) is 23.8 Å². The van der Waals surface area contributed by atoms with E-state index in [0.29, 0.717) is 5.56 Å². The second-order valence-corrected chi connectivity index (χ2v) is 4.10. The summed E-state index contributed by atoms with van der Waals surface area (Å²) in [7, 11) is 0. The summed E-state index contributed by atoms with van der Waals surface area (Å²) in [5.41, 5.74) is 1.49. The zero-order valence-electron chi connectivity index (χ0n) is 6.78. The van der Waals surface area contributed by atoms with Crippen LogP contribution in [0.2, 0.25) is 0 Å². The van der Waals surface area contributed by atoms with Crippen molar-refractivity contribution in [1.29, 1.82) is 0 Å². The molecule has 0 atom stereocenters. The summed E-state index contributed by atoms with van der Waals surface area (Å²) in [4.78, 5) is 0. The van der Waals surface area contributed by atoms with E-state index >= 15 is 0 Å². The van der Waals surface area contributed by atoms with Crippen LogP contribution < -0.4 is 5.32 Å². The number of fused-ring (bicyclic) bond motifs is 1. The van der Waals surface area contributed by atoms with E-state index in [1.165, 1.54) is 0 Å². The summed E-state index contributed by atoms with van der Waals surface area (Å²) in [6.07, 6.45) is -0.172. The molecule has 0 radical (unpaired) electrons. The van der Waals surface area contributed by atoms with Crippen LogP contribution >= 0.6 is 15.9 Å². The zero-order chi connectivity index (χ0) is 9.47. The van der Waals surface area contributed by atoms with Crippen molar-refractivity contribution in [2.24, 2.45) is 0 Å². The molecule has 0 unspecified atom stereocenters. The molecule has 4 heteroatoms. The van der Waals surface area contributed by atoms with E-state index in [0.717, 1.165) is 10.2 Å². The summed E-state index contributed by atoms with van der Waals surface area (Å²) < 4.78 is 26.7. The maximum atomic E-state index is 12.9. The van der Waals surface area contributed by atoms with Crippen LogP contribution in [0.5, 0.6) is 0 Å². The van der Waals surface area contributed by atoms with Crippen LogP contribution in [0.25, 0.3) is 0 Å². The number of benzene rings is 1. The van der Waals surface area contributed by atoms with Crippen LogP contribution in [0.15, 0.2) is 22.7 Å². The first kappa shape index (κ1) is 8.94. The molecule has 1 N–H and O–H groups in total. The SMILES string of the molecule is FC1(F)CNc2ccc(Br)cc2C1. The van der Waals surface area contributed by atoms with Crippen molar-refractivity contribution in [3.05, 3.63) is 28.2 Å². The number of hydrogen-bond acceptors (Lipinski definition) is 1. The van der Waals surface area contributed by atoms with E-state index in [4.69, 9.17) is 0 Å². The summed E-state index contributed by atoms with van der Waals surface area (Å²) >= 11 is 3.26. The van der Waals surface area contributed by atoms with Gasteiger partial charge in [-0.3, -0.25) is 0 Å². The highest BCUT2D eigenvalue weighted by atomic mass is 79.9. The van der Waals surface area contributed by atoms with Gasteiger partial charge in [0, 0.05) is 16.6 Å². The fourth-order valence-corrected chi connectivity index (χ4v) is 1.86. The number of rotatable bonds is 0. The molecule has 2 rings (SSSR count). The van der Waals surface area contributed by atoms with Crippen LogP contribution in [0.4, 0.5) is 14.5 Å². The molecule has 1 aromatic rings. The van der Waals surface area contributed by atoms with Crippen LogP contribution in [0.1, 0.15) is 5.56 Å². The average molecular weight is 248 g/mol. The molecule has 13 heavy (non-hydrogen) atoms. The Hall–Kier alpha value is -0.640.